The van der Waals surface area contributed by atoms with Crippen LogP contribution >= 0.6 is 0 Å². The second-order valence-electron chi connectivity index (χ2n) is 5.06. The number of halogens is 2. The number of hydrogen-bond acceptors (Lipinski definition) is 2. The van der Waals surface area contributed by atoms with Crippen LogP contribution in [0.25, 0.3) is 10.9 Å². The molecule has 0 radical (unpaired) electrons. The number of carboxylic acid groups (broad SMARTS) is 1. The fourth-order valence-electron chi connectivity index (χ4n) is 2.48. The maximum atomic E-state index is 13.8. The van der Waals surface area contributed by atoms with Gasteiger partial charge in [0.1, 0.15) is 17.2 Å². The van der Waals surface area contributed by atoms with Crippen LogP contribution < -0.4 is 5.43 Å². The highest BCUT2D eigenvalue weighted by molar-refractivity contribution is 5.92. The van der Waals surface area contributed by atoms with E-state index in [0.717, 1.165) is 24.4 Å². The first-order valence-corrected chi connectivity index (χ1v) is 6.77. The van der Waals surface area contributed by atoms with Crippen molar-refractivity contribution in [2.24, 2.45) is 0 Å². The molecular weight excluding hydrogens is 304 g/mol. The van der Waals surface area contributed by atoms with Crippen molar-refractivity contribution in [3.63, 3.8) is 0 Å². The van der Waals surface area contributed by atoms with Crippen molar-refractivity contribution < 1.29 is 18.7 Å². The van der Waals surface area contributed by atoms with Crippen LogP contribution in [-0.2, 0) is 6.54 Å². The Morgan fingerprint density at radius 3 is 2.61 bits per heavy atom. The smallest absolute Gasteiger partial charge is 0.341 e. The van der Waals surface area contributed by atoms with Crippen molar-refractivity contribution in [1.82, 2.24) is 4.57 Å². The minimum atomic E-state index is -1.37. The van der Waals surface area contributed by atoms with Gasteiger partial charge in [-0.15, -0.1) is 0 Å². The minimum absolute atomic E-state index is 0.0649. The molecule has 0 unspecified atom stereocenters. The highest BCUT2D eigenvalue weighted by Gasteiger charge is 2.15. The largest absolute Gasteiger partial charge is 0.477 e. The summed E-state index contributed by atoms with van der Waals surface area (Å²) in [5.41, 5.74) is -0.508. The number of nitrogens with zero attached hydrogens (tertiary/aromatic N) is 1. The van der Waals surface area contributed by atoms with Crippen molar-refractivity contribution in [3.8, 4) is 0 Å². The summed E-state index contributed by atoms with van der Waals surface area (Å²) < 4.78 is 28.6. The van der Waals surface area contributed by atoms with Crippen LogP contribution in [0.3, 0.4) is 0 Å². The maximum Gasteiger partial charge on any atom is 0.341 e. The highest BCUT2D eigenvalue weighted by Crippen LogP contribution is 2.16. The van der Waals surface area contributed by atoms with E-state index in [-0.39, 0.29) is 17.5 Å². The Kier molecular flexibility index (Phi) is 3.65. The first-order chi connectivity index (χ1) is 11.0. The standard InChI is InChI=1S/C17H11F2NO3/c18-11-5-6-14(19)10(7-11)8-20-9-13(17(22)23)16(21)12-3-1-2-4-15(12)20/h1-7,9H,8H2,(H,22,23). The molecular formula is C17H11F2NO3. The number of rotatable bonds is 3. The van der Waals surface area contributed by atoms with Gasteiger partial charge < -0.3 is 9.67 Å². The van der Waals surface area contributed by atoms with Crippen molar-refractivity contribution in [2.75, 3.05) is 0 Å². The summed E-state index contributed by atoms with van der Waals surface area (Å²) in [5.74, 6) is -2.56. The van der Waals surface area contributed by atoms with Gasteiger partial charge in [0.2, 0.25) is 5.43 Å². The summed E-state index contributed by atoms with van der Waals surface area (Å²) in [6.45, 7) is -0.0926. The number of carboxylic acids is 1. The summed E-state index contributed by atoms with van der Waals surface area (Å²) in [6, 6.07) is 9.48. The zero-order chi connectivity index (χ0) is 16.6. The van der Waals surface area contributed by atoms with Crippen LogP contribution in [0, 0.1) is 11.6 Å². The van der Waals surface area contributed by atoms with E-state index >= 15 is 0 Å². The lowest BCUT2D eigenvalue weighted by molar-refractivity contribution is 0.0695. The molecule has 0 atom stereocenters. The van der Waals surface area contributed by atoms with Gasteiger partial charge in [-0.1, -0.05) is 12.1 Å². The van der Waals surface area contributed by atoms with Crippen molar-refractivity contribution in [2.45, 2.75) is 6.54 Å². The van der Waals surface area contributed by atoms with Crippen LogP contribution in [0.5, 0.6) is 0 Å². The molecule has 3 rings (SSSR count). The third-order valence-electron chi connectivity index (χ3n) is 3.57. The number of carbonyl (C=O) groups is 1. The third kappa shape index (κ3) is 2.70. The maximum absolute atomic E-state index is 13.8. The van der Waals surface area contributed by atoms with Crippen LogP contribution in [0.4, 0.5) is 8.78 Å². The molecule has 0 fully saturated rings. The van der Waals surface area contributed by atoms with E-state index in [9.17, 15) is 18.4 Å². The van der Waals surface area contributed by atoms with Gasteiger partial charge in [0.05, 0.1) is 12.1 Å². The first-order valence-electron chi connectivity index (χ1n) is 6.77. The molecule has 1 heterocycles. The van der Waals surface area contributed by atoms with Gasteiger partial charge in [0.25, 0.3) is 0 Å². The number of aromatic carboxylic acids is 1. The van der Waals surface area contributed by atoms with Crippen molar-refractivity contribution >= 4 is 16.9 Å². The second kappa shape index (κ2) is 5.64. The Morgan fingerprint density at radius 2 is 1.87 bits per heavy atom. The van der Waals surface area contributed by atoms with Crippen molar-refractivity contribution in [1.29, 1.82) is 0 Å². The molecule has 0 spiro atoms. The van der Waals surface area contributed by atoms with Gasteiger partial charge in [-0.3, -0.25) is 4.79 Å². The Hall–Kier alpha value is -3.02. The summed E-state index contributed by atoms with van der Waals surface area (Å²) in [7, 11) is 0. The van der Waals surface area contributed by atoms with E-state index in [1.54, 1.807) is 18.2 Å². The quantitative estimate of drug-likeness (QED) is 0.808. The molecule has 0 aliphatic rings. The summed E-state index contributed by atoms with van der Waals surface area (Å²) in [4.78, 5) is 23.4. The monoisotopic (exact) mass is 315 g/mol. The number of fused-ring (bicyclic) bond motifs is 1. The van der Waals surface area contributed by atoms with E-state index in [1.807, 2.05) is 0 Å². The zero-order valence-electron chi connectivity index (χ0n) is 11.8. The molecule has 0 aliphatic heterocycles. The third-order valence-corrected chi connectivity index (χ3v) is 3.57. The van der Waals surface area contributed by atoms with Crippen LogP contribution in [0.2, 0.25) is 0 Å². The van der Waals surface area contributed by atoms with Crippen LogP contribution in [0.1, 0.15) is 15.9 Å². The average molecular weight is 315 g/mol. The average Bonchev–Trinajstić information content (AvgIpc) is 2.53. The fraction of sp³-hybridized carbons (Fsp3) is 0.0588. The van der Waals surface area contributed by atoms with Gasteiger partial charge in [-0.25, -0.2) is 13.6 Å². The minimum Gasteiger partial charge on any atom is -0.477 e. The number of pyridine rings is 1. The van der Waals surface area contributed by atoms with Gasteiger partial charge in [-0.05, 0) is 30.3 Å². The van der Waals surface area contributed by atoms with E-state index in [2.05, 4.69) is 0 Å². The van der Waals surface area contributed by atoms with Gasteiger partial charge in [0, 0.05) is 17.1 Å². The molecule has 0 aliphatic carbocycles. The molecule has 1 N–H and O–H groups in total. The van der Waals surface area contributed by atoms with Gasteiger partial charge in [-0.2, -0.15) is 0 Å². The summed E-state index contributed by atoms with van der Waals surface area (Å²) in [5, 5.41) is 9.38. The summed E-state index contributed by atoms with van der Waals surface area (Å²) in [6.07, 6.45) is 1.15. The Bertz CT molecular complexity index is 979. The summed E-state index contributed by atoms with van der Waals surface area (Å²) >= 11 is 0. The lowest BCUT2D eigenvalue weighted by atomic mass is 10.1. The number of aromatic nitrogens is 1. The Labute approximate surface area is 129 Å². The molecule has 0 saturated heterocycles. The molecule has 0 bridgehead atoms. The number of benzene rings is 2. The Balaban J connectivity index is 2.24. The zero-order valence-corrected chi connectivity index (χ0v) is 11.8. The lowest BCUT2D eigenvalue weighted by Crippen LogP contribution is -2.19. The molecule has 3 aromatic rings. The van der Waals surface area contributed by atoms with Gasteiger partial charge in [0.15, 0.2) is 0 Å². The molecule has 2 aromatic carbocycles. The predicted octanol–water partition coefficient (Wildman–Crippen LogP) is 3.03. The molecule has 0 amide bonds. The highest BCUT2D eigenvalue weighted by atomic mass is 19.1. The number of hydrogen-bond donors (Lipinski definition) is 1. The molecule has 0 saturated carbocycles. The first kappa shape index (κ1) is 14.9. The molecule has 6 heteroatoms. The lowest BCUT2D eigenvalue weighted by Gasteiger charge is -2.13. The SMILES string of the molecule is O=C(O)c1cn(Cc2cc(F)ccc2F)c2ccccc2c1=O. The molecule has 116 valence electrons. The van der Waals surface area contributed by atoms with E-state index < -0.39 is 28.6 Å². The van der Waals surface area contributed by atoms with E-state index in [4.69, 9.17) is 5.11 Å². The predicted molar refractivity (Wildman–Crippen MR) is 80.6 cm³/mol. The second-order valence-corrected chi connectivity index (χ2v) is 5.06. The van der Waals surface area contributed by atoms with Crippen LogP contribution in [0.15, 0.2) is 53.5 Å². The fourth-order valence-corrected chi connectivity index (χ4v) is 2.48. The van der Waals surface area contributed by atoms with E-state index in [0.29, 0.717) is 5.52 Å². The normalized spacial score (nSPS) is 10.9. The number of para-hydroxylation sites is 1. The topological polar surface area (TPSA) is 59.3 Å². The van der Waals surface area contributed by atoms with Crippen molar-refractivity contribution in [3.05, 3.63) is 81.6 Å². The molecule has 1 aromatic heterocycles. The van der Waals surface area contributed by atoms with Gasteiger partial charge >= 0.3 is 5.97 Å². The van der Waals surface area contributed by atoms with Crippen LogP contribution in [-0.4, -0.2) is 15.6 Å². The molecule has 4 nitrogen and oxygen atoms in total. The Morgan fingerprint density at radius 1 is 1.13 bits per heavy atom. The molecule has 23 heavy (non-hydrogen) atoms. The van der Waals surface area contributed by atoms with E-state index in [1.165, 1.54) is 10.6 Å².